The second-order valence-electron chi connectivity index (χ2n) is 6.52. The van der Waals surface area contributed by atoms with Crippen molar-refractivity contribution < 1.29 is 0 Å². The molecule has 2 rings (SSSR count). The molecule has 2 aromatic rings. The summed E-state index contributed by atoms with van der Waals surface area (Å²) in [6.07, 6.45) is 5.16. The van der Waals surface area contributed by atoms with Crippen LogP contribution in [0.4, 0.5) is 0 Å². The predicted octanol–water partition coefficient (Wildman–Crippen LogP) is 5.32. The van der Waals surface area contributed by atoms with Crippen LogP contribution in [0, 0.1) is 5.92 Å². The van der Waals surface area contributed by atoms with Gasteiger partial charge in [0.25, 0.3) is 0 Å². The van der Waals surface area contributed by atoms with E-state index in [2.05, 4.69) is 92.2 Å². The van der Waals surface area contributed by atoms with Gasteiger partial charge in [0.15, 0.2) is 0 Å². The van der Waals surface area contributed by atoms with Crippen LogP contribution in [-0.2, 0) is 4.09 Å². The zero-order valence-corrected chi connectivity index (χ0v) is 13.7. The van der Waals surface area contributed by atoms with Gasteiger partial charge in [0.2, 0.25) is 0 Å². The van der Waals surface area contributed by atoms with Crippen LogP contribution in [0.3, 0.4) is 0 Å². The van der Waals surface area contributed by atoms with E-state index in [-0.39, 0.29) is 4.09 Å². The summed E-state index contributed by atoms with van der Waals surface area (Å²) < 4.78 is 0.107. The van der Waals surface area contributed by atoms with E-state index in [1.54, 1.807) is 0 Å². The Bertz CT molecular complexity index is 479. The average molecular weight is 272 g/mol. The van der Waals surface area contributed by atoms with Gasteiger partial charge in [-0.2, -0.15) is 0 Å². The van der Waals surface area contributed by atoms with Crippen molar-refractivity contribution in [2.75, 3.05) is 0 Å². The molecule has 0 aliphatic rings. The molecule has 0 amide bonds. The number of hydrogen-bond donors (Lipinski definition) is 0. The summed E-state index contributed by atoms with van der Waals surface area (Å²) >= 11 is 2.40. The molecule has 0 spiro atoms. The van der Waals surface area contributed by atoms with E-state index in [1.165, 1.54) is 36.8 Å². The number of hydrogen-bond acceptors (Lipinski definition) is 0. The molecule has 2 aromatic carbocycles. The summed E-state index contributed by atoms with van der Waals surface area (Å²) in [5.41, 5.74) is 2.86. The van der Waals surface area contributed by atoms with Crippen molar-refractivity contribution in [1.29, 1.82) is 0 Å². The van der Waals surface area contributed by atoms with Crippen LogP contribution in [-0.4, -0.2) is 17.7 Å². The fourth-order valence-corrected chi connectivity index (χ4v) is 3.37. The Morgan fingerprint density at radius 2 is 1.38 bits per heavy atom. The summed E-state index contributed by atoms with van der Waals surface area (Å²) in [7, 11) is 0. The van der Waals surface area contributed by atoms with Crippen LogP contribution in [0.1, 0.15) is 50.7 Å². The van der Waals surface area contributed by atoms with Crippen LogP contribution >= 0.6 is 0 Å². The molecule has 0 bridgehead atoms. The normalized spacial score (nSPS) is 13.1. The van der Waals surface area contributed by atoms with Crippen molar-refractivity contribution in [3.63, 3.8) is 0 Å². The molecule has 0 aromatic heterocycles. The third-order valence-electron chi connectivity index (χ3n) is 4.63. The fourth-order valence-electron chi connectivity index (χ4n) is 3.37. The first-order chi connectivity index (χ1) is 10.2. The van der Waals surface area contributed by atoms with Gasteiger partial charge >= 0.3 is 139 Å². The number of unbranched alkanes of at least 4 members (excludes halogenated alkanes) is 1. The molecule has 0 saturated carbocycles. The summed E-state index contributed by atoms with van der Waals surface area (Å²) in [6.45, 7) is 4.68. The summed E-state index contributed by atoms with van der Waals surface area (Å²) in [5.74, 6) is 0.746. The topological polar surface area (TPSA) is 0 Å². The van der Waals surface area contributed by atoms with E-state index in [0.29, 0.717) is 0 Å². The Kier molecular flexibility index (Phi) is 6.16. The van der Waals surface area contributed by atoms with Gasteiger partial charge in [-0.15, -0.1) is 0 Å². The fraction of sp³-hybridized carbons (Fsp3) is 0.400. The van der Waals surface area contributed by atoms with Gasteiger partial charge in [-0.25, -0.2) is 0 Å². The third-order valence-corrected chi connectivity index (χ3v) is 4.63. The minimum atomic E-state index is 0.107. The van der Waals surface area contributed by atoms with E-state index in [9.17, 15) is 0 Å². The first kappa shape index (κ1) is 16.4. The van der Waals surface area contributed by atoms with Gasteiger partial charge in [0, 0.05) is 0 Å². The van der Waals surface area contributed by atoms with Crippen LogP contribution in [0.2, 0.25) is 0 Å². The zero-order valence-electron chi connectivity index (χ0n) is 13.7. The van der Waals surface area contributed by atoms with Gasteiger partial charge < -0.3 is 0 Å². The minimum absolute atomic E-state index is 0.107. The van der Waals surface area contributed by atoms with Gasteiger partial charge in [-0.05, 0) is 0 Å². The maximum atomic E-state index is 2.40. The Morgan fingerprint density at radius 1 is 0.905 bits per heavy atom. The van der Waals surface area contributed by atoms with E-state index in [1.807, 2.05) is 0 Å². The van der Waals surface area contributed by atoms with Crippen molar-refractivity contribution in [2.24, 2.45) is 5.92 Å². The van der Waals surface area contributed by atoms with Crippen molar-refractivity contribution in [3.8, 4) is 0 Å². The van der Waals surface area contributed by atoms with Gasteiger partial charge in [-0.1, -0.05) is 0 Å². The third kappa shape index (κ3) is 4.26. The van der Waals surface area contributed by atoms with Crippen molar-refractivity contribution in [1.82, 2.24) is 0 Å². The molecule has 1 atom stereocenters. The average Bonchev–Trinajstić information content (AvgIpc) is 2.54. The molecule has 21 heavy (non-hydrogen) atoms. The molecule has 0 heterocycles. The second kappa shape index (κ2) is 7.88. The van der Waals surface area contributed by atoms with Crippen molar-refractivity contribution in [3.05, 3.63) is 71.8 Å². The van der Waals surface area contributed by atoms with E-state index in [0.717, 1.165) is 5.92 Å². The number of rotatable bonds is 7. The molecule has 1 heteroatoms. The predicted molar refractivity (Wildman–Crippen MR) is 92.7 cm³/mol. The van der Waals surface area contributed by atoms with Gasteiger partial charge in [0.1, 0.15) is 0 Å². The molecule has 0 aliphatic heterocycles. The van der Waals surface area contributed by atoms with Gasteiger partial charge in [-0.3, -0.25) is 0 Å². The molecule has 0 radical (unpaired) electrons. The van der Waals surface area contributed by atoms with E-state index < -0.39 is 0 Å². The summed E-state index contributed by atoms with van der Waals surface area (Å²) in [6, 6.07) is 22.0. The maximum absolute atomic E-state index is 2.40. The second-order valence-corrected chi connectivity index (χ2v) is 6.52. The standard InChI is InChI=1S/C20H25.Li/c1-3-4-11-17(2)16-20(18-12-7-5-8-13-18)19-14-9-6-10-15-19;/h5-10,12-15,17H,3-4,11,16H2,1-2H3;. The Hall–Kier alpha value is -0.963. The van der Waals surface area contributed by atoms with Crippen molar-refractivity contribution in [2.45, 2.75) is 43.6 Å². The molecular formula is C20H25Li. The van der Waals surface area contributed by atoms with Crippen molar-refractivity contribution >= 4 is 17.7 Å². The first-order valence-electron chi connectivity index (χ1n) is 8.28. The quantitative estimate of drug-likeness (QED) is 0.599. The molecule has 0 saturated heterocycles. The van der Waals surface area contributed by atoms with E-state index in [4.69, 9.17) is 0 Å². The zero-order chi connectivity index (χ0) is 15.1. The molecule has 0 N–H and O–H groups in total. The Balaban J connectivity index is 2.31. The Labute approximate surface area is 139 Å². The molecule has 0 fully saturated rings. The van der Waals surface area contributed by atoms with Crippen LogP contribution in [0.25, 0.3) is 0 Å². The van der Waals surface area contributed by atoms with Gasteiger partial charge in [0.05, 0.1) is 0 Å². The van der Waals surface area contributed by atoms with E-state index >= 15 is 0 Å². The van der Waals surface area contributed by atoms with Crippen LogP contribution in [0.15, 0.2) is 60.7 Å². The molecular weight excluding hydrogens is 247 g/mol. The molecule has 106 valence electrons. The molecule has 0 aliphatic carbocycles. The van der Waals surface area contributed by atoms with Crippen LogP contribution in [0.5, 0.6) is 0 Å². The summed E-state index contributed by atoms with van der Waals surface area (Å²) in [5, 5.41) is 0. The molecule has 0 nitrogen and oxygen atoms in total. The summed E-state index contributed by atoms with van der Waals surface area (Å²) in [4.78, 5) is 0. The Morgan fingerprint density at radius 3 is 1.81 bits per heavy atom. The monoisotopic (exact) mass is 272 g/mol. The first-order valence-corrected chi connectivity index (χ1v) is 8.28. The SMILES string of the molecule is [Li][C](CC(C)CCCC)(c1ccccc1)c1ccccc1. The van der Waals surface area contributed by atoms with Crippen LogP contribution < -0.4 is 0 Å². The number of benzene rings is 2. The molecule has 1 unspecified atom stereocenters.